The van der Waals surface area contributed by atoms with Gasteiger partial charge in [-0.15, -0.1) is 10.2 Å². The lowest BCUT2D eigenvalue weighted by molar-refractivity contribution is 0.0672. The van der Waals surface area contributed by atoms with Crippen molar-refractivity contribution in [3.63, 3.8) is 0 Å². The van der Waals surface area contributed by atoms with Crippen molar-refractivity contribution in [1.29, 1.82) is 0 Å². The van der Waals surface area contributed by atoms with E-state index in [4.69, 9.17) is 14.3 Å². The van der Waals surface area contributed by atoms with Crippen molar-refractivity contribution in [3.8, 4) is 5.95 Å². The van der Waals surface area contributed by atoms with Crippen molar-refractivity contribution >= 4 is 5.91 Å². The van der Waals surface area contributed by atoms with E-state index < -0.39 is 0 Å². The first kappa shape index (κ1) is 19.4. The normalized spacial score (nSPS) is 15.5. The standard InChI is InChI=1S/C18H27N5O4/c1-21(10-11-24)12-15-19-20-17(22(15)2)13-6-8-23(9-7-13)18(25)14-4-5-16(26-3)27-14/h4-5,13,24H,6-12H2,1-3H3. The number of amides is 1. The first-order valence-corrected chi connectivity index (χ1v) is 9.14. The monoisotopic (exact) mass is 377 g/mol. The third-order valence-corrected chi connectivity index (χ3v) is 5.03. The van der Waals surface area contributed by atoms with Gasteiger partial charge in [0, 0.05) is 38.7 Å². The van der Waals surface area contributed by atoms with Gasteiger partial charge >= 0.3 is 0 Å². The molecule has 9 heteroatoms. The zero-order chi connectivity index (χ0) is 19.4. The first-order valence-electron chi connectivity index (χ1n) is 9.14. The summed E-state index contributed by atoms with van der Waals surface area (Å²) in [7, 11) is 5.43. The maximum atomic E-state index is 12.5. The highest BCUT2D eigenvalue weighted by Gasteiger charge is 2.29. The Kier molecular flexibility index (Phi) is 6.12. The van der Waals surface area contributed by atoms with Crippen LogP contribution in [0.4, 0.5) is 0 Å². The Balaban J connectivity index is 1.59. The molecule has 1 saturated heterocycles. The number of aliphatic hydroxyl groups is 1. The van der Waals surface area contributed by atoms with Gasteiger partial charge in [0.1, 0.15) is 11.6 Å². The van der Waals surface area contributed by atoms with E-state index in [1.54, 1.807) is 17.0 Å². The van der Waals surface area contributed by atoms with Crippen LogP contribution in [0, 0.1) is 0 Å². The highest BCUT2D eigenvalue weighted by Crippen LogP contribution is 2.28. The Morgan fingerprint density at radius 3 is 2.74 bits per heavy atom. The number of carbonyl (C=O) groups is 1. The second-order valence-corrected chi connectivity index (χ2v) is 6.88. The Labute approximate surface area is 158 Å². The van der Waals surface area contributed by atoms with Crippen molar-refractivity contribution in [2.45, 2.75) is 25.3 Å². The van der Waals surface area contributed by atoms with Gasteiger partial charge in [-0.05, 0) is 26.0 Å². The van der Waals surface area contributed by atoms with Crippen molar-refractivity contribution in [3.05, 3.63) is 29.5 Å². The van der Waals surface area contributed by atoms with E-state index in [0.717, 1.165) is 24.5 Å². The van der Waals surface area contributed by atoms with Gasteiger partial charge in [0.2, 0.25) is 0 Å². The average molecular weight is 377 g/mol. The highest BCUT2D eigenvalue weighted by atomic mass is 16.6. The SMILES string of the molecule is COc1ccc(C(=O)N2CCC(c3nnc(CN(C)CCO)n3C)CC2)o1. The molecule has 2 aromatic heterocycles. The predicted molar refractivity (Wildman–Crippen MR) is 97.6 cm³/mol. The van der Waals surface area contributed by atoms with E-state index >= 15 is 0 Å². The van der Waals surface area contributed by atoms with Crippen LogP contribution in [0.3, 0.4) is 0 Å². The number of hydrogen-bond donors (Lipinski definition) is 1. The summed E-state index contributed by atoms with van der Waals surface area (Å²) < 4.78 is 12.4. The number of hydrogen-bond acceptors (Lipinski definition) is 7. The summed E-state index contributed by atoms with van der Waals surface area (Å²) in [5.74, 6) is 2.64. The molecule has 0 unspecified atom stereocenters. The van der Waals surface area contributed by atoms with Crippen LogP contribution in [-0.4, -0.2) is 76.0 Å². The van der Waals surface area contributed by atoms with Gasteiger partial charge in [-0.2, -0.15) is 0 Å². The maximum absolute atomic E-state index is 12.5. The number of rotatable bonds is 7. The molecule has 0 spiro atoms. The predicted octanol–water partition coefficient (Wildman–Crippen LogP) is 0.861. The molecule has 3 heterocycles. The molecular formula is C18H27N5O4. The van der Waals surface area contributed by atoms with Gasteiger partial charge in [-0.3, -0.25) is 9.69 Å². The molecule has 0 saturated carbocycles. The molecule has 0 aromatic carbocycles. The van der Waals surface area contributed by atoms with Crippen LogP contribution in [-0.2, 0) is 13.6 Å². The van der Waals surface area contributed by atoms with E-state index in [-0.39, 0.29) is 18.4 Å². The molecule has 1 aliphatic rings. The lowest BCUT2D eigenvalue weighted by Gasteiger charge is -2.31. The van der Waals surface area contributed by atoms with Crippen LogP contribution in [0.2, 0.25) is 0 Å². The minimum Gasteiger partial charge on any atom is -0.468 e. The fourth-order valence-corrected chi connectivity index (χ4v) is 3.40. The Bertz CT molecular complexity index is 764. The van der Waals surface area contributed by atoms with Crippen LogP contribution in [0.5, 0.6) is 5.95 Å². The molecule has 0 radical (unpaired) electrons. The lowest BCUT2D eigenvalue weighted by atomic mass is 9.95. The van der Waals surface area contributed by atoms with Crippen LogP contribution >= 0.6 is 0 Å². The van der Waals surface area contributed by atoms with E-state index in [9.17, 15) is 4.79 Å². The average Bonchev–Trinajstić information content (AvgIpc) is 3.29. The molecule has 9 nitrogen and oxygen atoms in total. The zero-order valence-electron chi connectivity index (χ0n) is 16.1. The van der Waals surface area contributed by atoms with Gasteiger partial charge in [0.05, 0.1) is 20.3 Å². The van der Waals surface area contributed by atoms with Gasteiger partial charge in [0.25, 0.3) is 11.9 Å². The molecule has 2 aromatic rings. The number of likely N-dealkylation sites (N-methyl/N-ethyl adjacent to an activating group) is 1. The Morgan fingerprint density at radius 2 is 2.11 bits per heavy atom. The van der Waals surface area contributed by atoms with Crippen LogP contribution in [0.25, 0.3) is 0 Å². The molecule has 0 atom stereocenters. The summed E-state index contributed by atoms with van der Waals surface area (Å²) in [5.41, 5.74) is 0. The zero-order valence-corrected chi connectivity index (χ0v) is 16.1. The first-order chi connectivity index (χ1) is 13.0. The van der Waals surface area contributed by atoms with Gasteiger partial charge in [-0.1, -0.05) is 0 Å². The minimum absolute atomic E-state index is 0.110. The fraction of sp³-hybridized carbons (Fsp3) is 0.611. The van der Waals surface area contributed by atoms with E-state index in [2.05, 4.69) is 10.2 Å². The number of ether oxygens (including phenoxy) is 1. The summed E-state index contributed by atoms with van der Waals surface area (Å²) in [6, 6.07) is 3.29. The smallest absolute Gasteiger partial charge is 0.289 e. The topological polar surface area (TPSA) is 96.9 Å². The quantitative estimate of drug-likeness (QED) is 0.764. The van der Waals surface area contributed by atoms with Gasteiger partial charge in [0.15, 0.2) is 5.76 Å². The Morgan fingerprint density at radius 1 is 1.37 bits per heavy atom. The molecule has 3 rings (SSSR count). The van der Waals surface area contributed by atoms with Gasteiger partial charge in [-0.25, -0.2) is 0 Å². The number of carbonyl (C=O) groups excluding carboxylic acids is 1. The molecule has 1 aliphatic heterocycles. The van der Waals surface area contributed by atoms with Crippen molar-refractivity contribution in [2.24, 2.45) is 7.05 Å². The molecule has 148 valence electrons. The molecule has 1 N–H and O–H groups in total. The second-order valence-electron chi connectivity index (χ2n) is 6.88. The number of furan rings is 1. The van der Waals surface area contributed by atoms with E-state index in [0.29, 0.717) is 37.9 Å². The molecule has 27 heavy (non-hydrogen) atoms. The summed E-state index contributed by atoms with van der Waals surface area (Å²) >= 11 is 0. The molecule has 0 bridgehead atoms. The van der Waals surface area contributed by atoms with Crippen molar-refractivity contribution in [2.75, 3.05) is 40.4 Å². The number of nitrogens with zero attached hydrogens (tertiary/aromatic N) is 5. The summed E-state index contributed by atoms with van der Waals surface area (Å²) in [6.07, 6.45) is 1.67. The minimum atomic E-state index is -0.110. The molecule has 0 aliphatic carbocycles. The highest BCUT2D eigenvalue weighted by molar-refractivity contribution is 5.91. The number of piperidine rings is 1. The van der Waals surface area contributed by atoms with E-state index in [1.807, 2.05) is 23.6 Å². The fourth-order valence-electron chi connectivity index (χ4n) is 3.40. The lowest BCUT2D eigenvalue weighted by Crippen LogP contribution is -2.38. The number of methoxy groups -OCH3 is 1. The molecule has 1 amide bonds. The van der Waals surface area contributed by atoms with Crippen LogP contribution in [0.1, 0.15) is 41.0 Å². The number of aromatic nitrogens is 3. The molecule has 1 fully saturated rings. The van der Waals surface area contributed by atoms with E-state index in [1.165, 1.54) is 7.11 Å². The Hall–Kier alpha value is -2.39. The van der Waals surface area contributed by atoms with Crippen LogP contribution in [0.15, 0.2) is 16.5 Å². The van der Waals surface area contributed by atoms with Crippen molar-refractivity contribution in [1.82, 2.24) is 24.6 Å². The van der Waals surface area contributed by atoms with Crippen LogP contribution < -0.4 is 4.74 Å². The van der Waals surface area contributed by atoms with Crippen molar-refractivity contribution < 1.29 is 19.1 Å². The summed E-state index contributed by atoms with van der Waals surface area (Å²) in [4.78, 5) is 16.4. The number of aliphatic hydroxyl groups excluding tert-OH is 1. The second kappa shape index (κ2) is 8.53. The summed E-state index contributed by atoms with van der Waals surface area (Å²) in [6.45, 7) is 2.66. The third kappa shape index (κ3) is 4.30. The van der Waals surface area contributed by atoms with Gasteiger partial charge < -0.3 is 23.7 Å². The number of likely N-dealkylation sites (tertiary alicyclic amines) is 1. The largest absolute Gasteiger partial charge is 0.468 e. The maximum Gasteiger partial charge on any atom is 0.289 e. The summed E-state index contributed by atoms with van der Waals surface area (Å²) in [5, 5.41) is 17.7. The third-order valence-electron chi connectivity index (χ3n) is 5.03. The molecular weight excluding hydrogens is 350 g/mol.